The molecule has 0 atom stereocenters. The van der Waals surface area contributed by atoms with E-state index in [-0.39, 0.29) is 5.60 Å². The van der Waals surface area contributed by atoms with E-state index >= 15 is 0 Å². The summed E-state index contributed by atoms with van der Waals surface area (Å²) in [6.07, 6.45) is 1.82. The van der Waals surface area contributed by atoms with E-state index in [1.165, 1.54) is 0 Å². The Morgan fingerprint density at radius 1 is 1.33 bits per heavy atom. The Kier molecular flexibility index (Phi) is 4.19. The van der Waals surface area contributed by atoms with Crippen LogP contribution in [0.25, 0.3) is 0 Å². The largest absolute Gasteiger partial charge is 0.382 e. The van der Waals surface area contributed by atoms with Gasteiger partial charge in [0.15, 0.2) is 0 Å². The Labute approximate surface area is 108 Å². The SMILES string of the molecule is COC1(CNc2ccc(C#N)cc2)CCOCC1. The number of methoxy groups -OCH3 is 1. The van der Waals surface area contributed by atoms with Gasteiger partial charge in [0.05, 0.1) is 17.2 Å². The van der Waals surface area contributed by atoms with Crippen LogP contribution >= 0.6 is 0 Å². The van der Waals surface area contributed by atoms with Crippen LogP contribution in [0.4, 0.5) is 5.69 Å². The fourth-order valence-electron chi connectivity index (χ4n) is 2.12. The van der Waals surface area contributed by atoms with Crippen LogP contribution in [0.5, 0.6) is 0 Å². The van der Waals surface area contributed by atoms with Gasteiger partial charge in [-0.1, -0.05) is 0 Å². The summed E-state index contributed by atoms with van der Waals surface area (Å²) in [6.45, 7) is 2.27. The second-order valence-corrected chi connectivity index (χ2v) is 4.54. The van der Waals surface area contributed by atoms with Gasteiger partial charge < -0.3 is 14.8 Å². The van der Waals surface area contributed by atoms with Crippen LogP contribution in [0.15, 0.2) is 24.3 Å². The number of benzene rings is 1. The Balaban J connectivity index is 1.94. The summed E-state index contributed by atoms with van der Waals surface area (Å²) >= 11 is 0. The average Bonchev–Trinajstić information content (AvgIpc) is 2.47. The van der Waals surface area contributed by atoms with Gasteiger partial charge in [-0.05, 0) is 24.3 Å². The van der Waals surface area contributed by atoms with E-state index in [4.69, 9.17) is 14.7 Å². The maximum absolute atomic E-state index is 8.74. The van der Waals surface area contributed by atoms with E-state index in [2.05, 4.69) is 11.4 Å². The molecule has 1 aromatic carbocycles. The molecule has 1 N–H and O–H groups in total. The first-order valence-electron chi connectivity index (χ1n) is 6.15. The third-order valence-electron chi connectivity index (χ3n) is 3.47. The molecule has 1 aromatic rings. The predicted molar refractivity (Wildman–Crippen MR) is 69.4 cm³/mol. The number of hydrogen-bond donors (Lipinski definition) is 1. The average molecular weight is 246 g/mol. The van der Waals surface area contributed by atoms with E-state index in [9.17, 15) is 0 Å². The van der Waals surface area contributed by atoms with Crippen LogP contribution in [-0.4, -0.2) is 32.5 Å². The summed E-state index contributed by atoms with van der Waals surface area (Å²) in [4.78, 5) is 0. The molecule has 1 heterocycles. The molecule has 0 saturated carbocycles. The van der Waals surface area contributed by atoms with E-state index in [1.54, 1.807) is 7.11 Å². The highest BCUT2D eigenvalue weighted by molar-refractivity contribution is 5.47. The molecule has 1 saturated heterocycles. The first kappa shape index (κ1) is 12.9. The summed E-state index contributed by atoms with van der Waals surface area (Å²) in [5, 5.41) is 12.1. The molecule has 0 bridgehead atoms. The number of nitriles is 1. The first-order valence-corrected chi connectivity index (χ1v) is 6.15. The molecular formula is C14H18N2O2. The molecule has 96 valence electrons. The smallest absolute Gasteiger partial charge is 0.0991 e. The molecule has 4 heteroatoms. The molecule has 0 aromatic heterocycles. The van der Waals surface area contributed by atoms with Gasteiger partial charge in [0.25, 0.3) is 0 Å². The highest BCUT2D eigenvalue weighted by atomic mass is 16.5. The van der Waals surface area contributed by atoms with Crippen LogP contribution in [0, 0.1) is 11.3 Å². The highest BCUT2D eigenvalue weighted by Gasteiger charge is 2.32. The van der Waals surface area contributed by atoms with Crippen LogP contribution in [0.1, 0.15) is 18.4 Å². The van der Waals surface area contributed by atoms with Crippen LogP contribution in [0.3, 0.4) is 0 Å². The van der Waals surface area contributed by atoms with Crippen molar-refractivity contribution < 1.29 is 9.47 Å². The van der Waals surface area contributed by atoms with Gasteiger partial charge >= 0.3 is 0 Å². The second kappa shape index (κ2) is 5.85. The Morgan fingerprint density at radius 2 is 2.00 bits per heavy atom. The summed E-state index contributed by atoms with van der Waals surface area (Å²) in [7, 11) is 1.76. The lowest BCUT2D eigenvalue weighted by Crippen LogP contribution is -2.44. The highest BCUT2D eigenvalue weighted by Crippen LogP contribution is 2.25. The van der Waals surface area contributed by atoms with E-state index in [0.717, 1.165) is 38.3 Å². The number of nitrogens with zero attached hydrogens (tertiary/aromatic N) is 1. The Hall–Kier alpha value is -1.57. The molecule has 0 spiro atoms. The maximum atomic E-state index is 8.74. The quantitative estimate of drug-likeness (QED) is 0.884. The summed E-state index contributed by atoms with van der Waals surface area (Å²) in [5.74, 6) is 0. The minimum Gasteiger partial charge on any atom is -0.382 e. The van der Waals surface area contributed by atoms with Gasteiger partial charge in [0, 0.05) is 45.4 Å². The zero-order valence-corrected chi connectivity index (χ0v) is 10.6. The van der Waals surface area contributed by atoms with E-state index < -0.39 is 0 Å². The summed E-state index contributed by atoms with van der Waals surface area (Å²) < 4.78 is 11.0. The molecule has 0 radical (unpaired) electrons. The van der Waals surface area contributed by atoms with E-state index in [0.29, 0.717) is 5.56 Å². The number of hydrogen-bond acceptors (Lipinski definition) is 4. The standard InChI is InChI=1S/C14H18N2O2/c1-17-14(6-8-18-9-7-14)11-16-13-4-2-12(10-15)3-5-13/h2-5,16H,6-9,11H2,1H3. The molecule has 1 aliphatic rings. The molecule has 4 nitrogen and oxygen atoms in total. The van der Waals surface area contributed by atoms with Gasteiger partial charge in [-0.15, -0.1) is 0 Å². The lowest BCUT2D eigenvalue weighted by molar-refractivity contribution is -0.0807. The molecule has 2 rings (SSSR count). The molecule has 0 amide bonds. The zero-order valence-electron chi connectivity index (χ0n) is 10.6. The van der Waals surface area contributed by atoms with Crippen LogP contribution < -0.4 is 5.32 Å². The topological polar surface area (TPSA) is 54.3 Å². The van der Waals surface area contributed by atoms with E-state index in [1.807, 2.05) is 24.3 Å². The summed E-state index contributed by atoms with van der Waals surface area (Å²) in [6, 6.07) is 9.57. The molecule has 0 aliphatic carbocycles. The van der Waals surface area contributed by atoms with Crippen molar-refractivity contribution in [3.05, 3.63) is 29.8 Å². The Bertz CT molecular complexity index is 416. The van der Waals surface area contributed by atoms with Crippen molar-refractivity contribution >= 4 is 5.69 Å². The number of rotatable bonds is 4. The number of anilines is 1. The van der Waals surface area contributed by atoms with Gasteiger partial charge in [0.2, 0.25) is 0 Å². The molecule has 1 aliphatic heterocycles. The van der Waals surface area contributed by atoms with Crippen molar-refractivity contribution in [2.24, 2.45) is 0 Å². The molecule has 0 unspecified atom stereocenters. The number of ether oxygens (including phenoxy) is 2. The van der Waals surface area contributed by atoms with Gasteiger partial charge in [-0.25, -0.2) is 0 Å². The van der Waals surface area contributed by atoms with Crippen molar-refractivity contribution in [2.75, 3.05) is 32.2 Å². The normalized spacial score (nSPS) is 18.0. The lowest BCUT2D eigenvalue weighted by atomic mass is 9.94. The van der Waals surface area contributed by atoms with Gasteiger partial charge in [-0.3, -0.25) is 0 Å². The molecule has 18 heavy (non-hydrogen) atoms. The van der Waals surface area contributed by atoms with Crippen molar-refractivity contribution in [3.63, 3.8) is 0 Å². The van der Waals surface area contributed by atoms with Crippen molar-refractivity contribution in [1.29, 1.82) is 5.26 Å². The molecule has 1 fully saturated rings. The van der Waals surface area contributed by atoms with Crippen molar-refractivity contribution in [1.82, 2.24) is 0 Å². The van der Waals surface area contributed by atoms with Gasteiger partial charge in [-0.2, -0.15) is 5.26 Å². The van der Waals surface area contributed by atoms with Crippen LogP contribution in [-0.2, 0) is 9.47 Å². The minimum absolute atomic E-state index is 0.133. The first-order chi connectivity index (χ1) is 8.78. The minimum atomic E-state index is -0.133. The third kappa shape index (κ3) is 3.00. The monoisotopic (exact) mass is 246 g/mol. The fraction of sp³-hybridized carbons (Fsp3) is 0.500. The summed E-state index contributed by atoms with van der Waals surface area (Å²) in [5.41, 5.74) is 1.55. The van der Waals surface area contributed by atoms with Gasteiger partial charge in [0.1, 0.15) is 0 Å². The lowest BCUT2D eigenvalue weighted by Gasteiger charge is -2.36. The van der Waals surface area contributed by atoms with Crippen LogP contribution in [0.2, 0.25) is 0 Å². The Morgan fingerprint density at radius 3 is 2.56 bits per heavy atom. The molecular weight excluding hydrogens is 228 g/mol. The second-order valence-electron chi connectivity index (χ2n) is 4.54. The fourth-order valence-corrected chi connectivity index (χ4v) is 2.12. The maximum Gasteiger partial charge on any atom is 0.0991 e. The third-order valence-corrected chi connectivity index (χ3v) is 3.47. The van der Waals surface area contributed by atoms with Crippen molar-refractivity contribution in [3.8, 4) is 6.07 Å². The zero-order chi connectivity index (χ0) is 12.8. The number of nitrogens with one attached hydrogen (secondary N) is 1. The predicted octanol–water partition coefficient (Wildman–Crippen LogP) is 2.17. The van der Waals surface area contributed by atoms with Crippen molar-refractivity contribution in [2.45, 2.75) is 18.4 Å².